The van der Waals surface area contributed by atoms with Crippen molar-refractivity contribution in [3.8, 4) is 0 Å². The van der Waals surface area contributed by atoms with Crippen molar-refractivity contribution in [1.82, 2.24) is 4.90 Å². The zero-order valence-electron chi connectivity index (χ0n) is 11.4. The summed E-state index contributed by atoms with van der Waals surface area (Å²) in [6.07, 6.45) is 1.66. The van der Waals surface area contributed by atoms with Crippen LogP contribution in [-0.2, 0) is 4.74 Å². The summed E-state index contributed by atoms with van der Waals surface area (Å²) in [6, 6.07) is -0.170. The predicted octanol–water partition coefficient (Wildman–Crippen LogP) is 2.18. The summed E-state index contributed by atoms with van der Waals surface area (Å²) in [4.78, 5) is 13.6. The van der Waals surface area contributed by atoms with Crippen LogP contribution in [0.5, 0.6) is 0 Å². The highest BCUT2D eigenvalue weighted by molar-refractivity contribution is 5.70. The van der Waals surface area contributed by atoms with Gasteiger partial charge in [0, 0.05) is 12.5 Å². The standard InChI is InChI=1S/C13H23NO3/c1-6-10-7-14(11(8-15)9(10)2)12(16)17-13(3,4)5/h6,9,11,15H,7-8H2,1-5H3/b10-6-/t9-,11-/m1/s1. The maximum atomic E-state index is 12.0. The van der Waals surface area contributed by atoms with Gasteiger partial charge in [-0.1, -0.05) is 18.6 Å². The van der Waals surface area contributed by atoms with Crippen LogP contribution in [0.4, 0.5) is 4.79 Å². The first-order valence-electron chi connectivity index (χ1n) is 6.05. The number of hydrogen-bond donors (Lipinski definition) is 1. The molecule has 1 fully saturated rings. The average molecular weight is 241 g/mol. The first-order valence-corrected chi connectivity index (χ1v) is 6.05. The van der Waals surface area contributed by atoms with Gasteiger partial charge in [-0.15, -0.1) is 0 Å². The molecule has 0 aliphatic carbocycles. The van der Waals surface area contributed by atoms with Gasteiger partial charge in [0.25, 0.3) is 0 Å². The topological polar surface area (TPSA) is 49.8 Å². The minimum Gasteiger partial charge on any atom is -0.444 e. The summed E-state index contributed by atoms with van der Waals surface area (Å²) in [5.74, 6) is 0.192. The van der Waals surface area contributed by atoms with E-state index in [2.05, 4.69) is 0 Å². The summed E-state index contributed by atoms with van der Waals surface area (Å²) >= 11 is 0. The summed E-state index contributed by atoms with van der Waals surface area (Å²) < 4.78 is 5.34. The number of ether oxygens (including phenoxy) is 1. The molecular formula is C13H23NO3. The lowest BCUT2D eigenvalue weighted by Crippen LogP contribution is -2.42. The maximum Gasteiger partial charge on any atom is 0.410 e. The number of rotatable bonds is 1. The second kappa shape index (κ2) is 5.08. The molecular weight excluding hydrogens is 218 g/mol. The molecule has 1 N–H and O–H groups in total. The Morgan fingerprint density at radius 1 is 1.59 bits per heavy atom. The molecule has 0 bridgehead atoms. The normalized spacial score (nSPS) is 27.6. The van der Waals surface area contributed by atoms with E-state index in [-0.39, 0.29) is 24.7 Å². The lowest BCUT2D eigenvalue weighted by Gasteiger charge is -2.28. The number of amides is 1. The number of aliphatic hydroxyl groups is 1. The molecule has 0 saturated carbocycles. The Kier molecular flexibility index (Phi) is 4.20. The molecule has 17 heavy (non-hydrogen) atoms. The van der Waals surface area contributed by atoms with Crippen molar-refractivity contribution >= 4 is 6.09 Å². The Bertz CT molecular complexity index is 317. The Labute approximate surface area is 103 Å². The van der Waals surface area contributed by atoms with E-state index in [0.29, 0.717) is 6.54 Å². The van der Waals surface area contributed by atoms with Gasteiger partial charge in [0.05, 0.1) is 12.6 Å². The molecule has 1 amide bonds. The second-order valence-electron chi connectivity index (χ2n) is 5.51. The van der Waals surface area contributed by atoms with Gasteiger partial charge in [-0.05, 0) is 27.7 Å². The molecule has 0 aromatic carbocycles. The minimum atomic E-state index is -0.501. The fourth-order valence-corrected chi connectivity index (χ4v) is 2.11. The van der Waals surface area contributed by atoms with Gasteiger partial charge in [0.15, 0.2) is 0 Å². The molecule has 2 atom stereocenters. The summed E-state index contributed by atoms with van der Waals surface area (Å²) in [6.45, 7) is 10.0. The van der Waals surface area contributed by atoms with Gasteiger partial charge >= 0.3 is 6.09 Å². The lowest BCUT2D eigenvalue weighted by molar-refractivity contribution is 0.0151. The Morgan fingerprint density at radius 3 is 2.59 bits per heavy atom. The number of hydrogen-bond acceptors (Lipinski definition) is 3. The van der Waals surface area contributed by atoms with Crippen molar-refractivity contribution in [3.63, 3.8) is 0 Å². The average Bonchev–Trinajstić information content (AvgIpc) is 2.52. The smallest absolute Gasteiger partial charge is 0.410 e. The molecule has 0 radical (unpaired) electrons. The van der Waals surface area contributed by atoms with E-state index >= 15 is 0 Å². The van der Waals surface area contributed by atoms with Crippen molar-refractivity contribution in [1.29, 1.82) is 0 Å². The van der Waals surface area contributed by atoms with Crippen LogP contribution in [0.15, 0.2) is 11.6 Å². The molecule has 98 valence electrons. The van der Waals surface area contributed by atoms with E-state index in [1.165, 1.54) is 5.57 Å². The van der Waals surface area contributed by atoms with Crippen LogP contribution >= 0.6 is 0 Å². The molecule has 1 heterocycles. The highest BCUT2D eigenvalue weighted by Crippen LogP contribution is 2.30. The van der Waals surface area contributed by atoms with Gasteiger partial charge in [-0.2, -0.15) is 0 Å². The van der Waals surface area contributed by atoms with E-state index in [9.17, 15) is 9.90 Å². The Hall–Kier alpha value is -1.03. The largest absolute Gasteiger partial charge is 0.444 e. The molecule has 4 heteroatoms. The van der Waals surface area contributed by atoms with Crippen LogP contribution in [0, 0.1) is 5.92 Å². The van der Waals surface area contributed by atoms with Crippen LogP contribution in [0.25, 0.3) is 0 Å². The van der Waals surface area contributed by atoms with Crippen LogP contribution < -0.4 is 0 Å². The monoisotopic (exact) mass is 241 g/mol. The SMILES string of the molecule is C/C=C1/CN(C(=O)OC(C)(C)C)[C@H](CO)[C@@H]1C. The molecule has 1 saturated heterocycles. The predicted molar refractivity (Wildman–Crippen MR) is 66.7 cm³/mol. The highest BCUT2D eigenvalue weighted by Gasteiger charge is 2.38. The third-order valence-corrected chi connectivity index (χ3v) is 3.10. The van der Waals surface area contributed by atoms with E-state index in [1.807, 2.05) is 40.7 Å². The molecule has 1 rings (SSSR count). The van der Waals surface area contributed by atoms with Crippen molar-refractivity contribution in [2.45, 2.75) is 46.3 Å². The van der Waals surface area contributed by atoms with Gasteiger partial charge in [-0.25, -0.2) is 4.79 Å². The Morgan fingerprint density at radius 2 is 2.18 bits per heavy atom. The van der Waals surface area contributed by atoms with Crippen LogP contribution in [0.1, 0.15) is 34.6 Å². The number of nitrogens with zero attached hydrogens (tertiary/aromatic N) is 1. The third kappa shape index (κ3) is 3.22. The number of allylic oxidation sites excluding steroid dienone is 1. The minimum absolute atomic E-state index is 0.0300. The number of likely N-dealkylation sites (tertiary alicyclic amines) is 1. The van der Waals surface area contributed by atoms with Gasteiger partial charge in [0.2, 0.25) is 0 Å². The summed E-state index contributed by atoms with van der Waals surface area (Å²) in [7, 11) is 0. The second-order valence-corrected chi connectivity index (χ2v) is 5.51. The van der Waals surface area contributed by atoms with Crippen molar-refractivity contribution in [3.05, 3.63) is 11.6 Å². The molecule has 0 aromatic rings. The van der Waals surface area contributed by atoms with E-state index < -0.39 is 5.60 Å². The fourth-order valence-electron chi connectivity index (χ4n) is 2.11. The van der Waals surface area contributed by atoms with Crippen molar-refractivity contribution in [2.75, 3.05) is 13.2 Å². The van der Waals surface area contributed by atoms with E-state index in [1.54, 1.807) is 4.90 Å². The summed E-state index contributed by atoms with van der Waals surface area (Å²) in [5, 5.41) is 9.39. The third-order valence-electron chi connectivity index (χ3n) is 3.10. The van der Waals surface area contributed by atoms with Crippen LogP contribution in [0.2, 0.25) is 0 Å². The number of carbonyl (C=O) groups is 1. The Balaban J connectivity index is 2.80. The first kappa shape index (κ1) is 14.0. The highest BCUT2D eigenvalue weighted by atomic mass is 16.6. The molecule has 4 nitrogen and oxygen atoms in total. The molecule has 1 aliphatic rings. The van der Waals surface area contributed by atoms with Gasteiger partial charge in [0.1, 0.15) is 5.60 Å². The molecule has 0 aromatic heterocycles. The zero-order chi connectivity index (χ0) is 13.2. The van der Waals surface area contributed by atoms with Crippen molar-refractivity contribution < 1.29 is 14.6 Å². The maximum absolute atomic E-state index is 12.0. The molecule has 0 unspecified atom stereocenters. The molecule has 1 aliphatic heterocycles. The summed E-state index contributed by atoms with van der Waals surface area (Å²) in [5.41, 5.74) is 0.675. The quantitative estimate of drug-likeness (QED) is 0.716. The molecule has 0 spiro atoms. The van der Waals surface area contributed by atoms with E-state index in [4.69, 9.17) is 4.74 Å². The number of aliphatic hydroxyl groups excluding tert-OH is 1. The zero-order valence-corrected chi connectivity index (χ0v) is 11.4. The van der Waals surface area contributed by atoms with Crippen LogP contribution in [0.3, 0.4) is 0 Å². The van der Waals surface area contributed by atoms with Gasteiger partial charge < -0.3 is 9.84 Å². The van der Waals surface area contributed by atoms with E-state index in [0.717, 1.165) is 0 Å². The van der Waals surface area contributed by atoms with Crippen LogP contribution in [-0.4, -0.2) is 40.9 Å². The van der Waals surface area contributed by atoms with Crippen molar-refractivity contribution in [2.24, 2.45) is 5.92 Å². The first-order chi connectivity index (χ1) is 7.80. The fraction of sp³-hybridized carbons (Fsp3) is 0.769. The van der Waals surface area contributed by atoms with Gasteiger partial charge in [-0.3, -0.25) is 4.90 Å². The lowest BCUT2D eigenvalue weighted by atomic mass is 9.99. The number of carbonyl (C=O) groups excluding carboxylic acids is 1.